The summed E-state index contributed by atoms with van der Waals surface area (Å²) < 4.78 is -0.675. The van der Waals surface area contributed by atoms with Crippen LogP contribution < -0.4 is 0 Å². The van der Waals surface area contributed by atoms with Crippen molar-refractivity contribution >= 4 is 35.1 Å². The molecule has 7 heteroatoms. The van der Waals surface area contributed by atoms with Crippen LogP contribution in [0.3, 0.4) is 0 Å². The van der Waals surface area contributed by atoms with Crippen LogP contribution in [0.25, 0.3) is 0 Å². The lowest BCUT2D eigenvalue weighted by molar-refractivity contribution is -0.155. The quantitative estimate of drug-likeness (QED) is 0.630. The first-order valence-electron chi connectivity index (χ1n) is 8.84. The van der Waals surface area contributed by atoms with E-state index in [0.29, 0.717) is 36.8 Å². The van der Waals surface area contributed by atoms with E-state index in [1.54, 1.807) is 60.7 Å². The molecule has 1 aliphatic rings. The van der Waals surface area contributed by atoms with Crippen LogP contribution in [0.1, 0.15) is 36.8 Å². The molecule has 0 heterocycles. The first kappa shape index (κ1) is 22.2. The molecule has 3 rings (SSSR count). The molecule has 0 aliphatic heterocycles. The van der Waals surface area contributed by atoms with Crippen molar-refractivity contribution in [1.29, 1.82) is 0 Å². The summed E-state index contributed by atoms with van der Waals surface area (Å²) >= 11 is 11.6. The van der Waals surface area contributed by atoms with Gasteiger partial charge in [-0.2, -0.15) is 0 Å². The molecule has 0 radical (unpaired) electrons. The molecule has 0 bridgehead atoms. The van der Waals surface area contributed by atoms with Gasteiger partial charge in [0.2, 0.25) is 5.60 Å². The number of carboxylic acid groups (broad SMARTS) is 2. The summed E-state index contributed by atoms with van der Waals surface area (Å²) in [6, 6.07) is 16.7. The Labute approximate surface area is 173 Å². The lowest BCUT2D eigenvalue weighted by atomic mass is 9.86. The van der Waals surface area contributed by atoms with Crippen LogP contribution in [-0.4, -0.2) is 31.6 Å². The third kappa shape index (κ3) is 5.47. The first-order chi connectivity index (χ1) is 13.2. The molecule has 0 saturated heterocycles. The van der Waals surface area contributed by atoms with Gasteiger partial charge in [0.25, 0.3) is 0 Å². The lowest BCUT2D eigenvalue weighted by Gasteiger charge is -2.27. The van der Waals surface area contributed by atoms with Crippen molar-refractivity contribution in [2.24, 2.45) is 5.92 Å². The summed E-state index contributed by atoms with van der Waals surface area (Å²) in [6.45, 7) is 0. The topological polar surface area (TPSA) is 94.8 Å². The van der Waals surface area contributed by atoms with Crippen LogP contribution in [0, 0.1) is 5.92 Å². The summed E-state index contributed by atoms with van der Waals surface area (Å²) in [5.41, 5.74) is -1.31. The zero-order valence-corrected chi connectivity index (χ0v) is 16.6. The standard InChI is InChI=1S/C14H12O3.C7H10Cl2O2/c15-13(16)14(17,11-7-3-1-4-8-11)12-9-5-2-6-10-12;8-7(9)3-1-5(2-4-7)6(10)11/h1-10,17H,(H,15,16);5H,1-4H2,(H,10,11). The van der Waals surface area contributed by atoms with Crippen LogP contribution in [-0.2, 0) is 15.2 Å². The molecule has 1 fully saturated rings. The number of aliphatic hydroxyl groups is 1. The maximum Gasteiger partial charge on any atom is 0.345 e. The van der Waals surface area contributed by atoms with Gasteiger partial charge in [0.05, 0.1) is 5.92 Å². The van der Waals surface area contributed by atoms with Gasteiger partial charge in [-0.15, -0.1) is 23.2 Å². The second kappa shape index (κ2) is 9.41. The van der Waals surface area contributed by atoms with Gasteiger partial charge < -0.3 is 15.3 Å². The third-order valence-corrected chi connectivity index (χ3v) is 5.51. The van der Waals surface area contributed by atoms with Crippen molar-refractivity contribution in [3.63, 3.8) is 0 Å². The van der Waals surface area contributed by atoms with Crippen LogP contribution in [0.4, 0.5) is 0 Å². The van der Waals surface area contributed by atoms with Gasteiger partial charge in [0.15, 0.2) is 0 Å². The highest BCUT2D eigenvalue weighted by atomic mass is 35.5. The molecule has 3 N–H and O–H groups in total. The predicted molar refractivity (Wildman–Crippen MR) is 108 cm³/mol. The molecule has 1 saturated carbocycles. The Hall–Kier alpha value is -2.08. The third-order valence-electron chi connectivity index (χ3n) is 4.76. The van der Waals surface area contributed by atoms with Crippen molar-refractivity contribution < 1.29 is 24.9 Å². The van der Waals surface area contributed by atoms with Crippen molar-refractivity contribution in [1.82, 2.24) is 0 Å². The van der Waals surface area contributed by atoms with Gasteiger partial charge in [-0.05, 0) is 36.8 Å². The fraction of sp³-hybridized carbons (Fsp3) is 0.333. The molecule has 0 atom stereocenters. The van der Waals surface area contributed by atoms with Crippen LogP contribution in [0.2, 0.25) is 0 Å². The van der Waals surface area contributed by atoms with E-state index in [2.05, 4.69) is 0 Å². The van der Waals surface area contributed by atoms with Gasteiger partial charge in [0, 0.05) is 0 Å². The molecular weight excluding hydrogens is 403 g/mol. The Kier molecular flexibility index (Phi) is 7.47. The molecule has 28 heavy (non-hydrogen) atoms. The molecule has 150 valence electrons. The molecule has 2 aromatic rings. The molecule has 0 aromatic heterocycles. The normalized spacial score (nSPS) is 16.5. The Morgan fingerprint density at radius 1 is 0.857 bits per heavy atom. The van der Waals surface area contributed by atoms with Gasteiger partial charge >= 0.3 is 11.9 Å². The number of hydrogen-bond acceptors (Lipinski definition) is 3. The van der Waals surface area contributed by atoms with E-state index in [9.17, 15) is 19.8 Å². The van der Waals surface area contributed by atoms with E-state index in [1.165, 1.54) is 0 Å². The minimum Gasteiger partial charge on any atom is -0.481 e. The van der Waals surface area contributed by atoms with E-state index < -0.39 is 21.9 Å². The smallest absolute Gasteiger partial charge is 0.345 e. The monoisotopic (exact) mass is 424 g/mol. The second-order valence-electron chi connectivity index (χ2n) is 6.72. The summed E-state index contributed by atoms with van der Waals surface area (Å²) in [7, 11) is 0. The zero-order chi connectivity index (χ0) is 20.8. The van der Waals surface area contributed by atoms with Crippen molar-refractivity contribution in [3.8, 4) is 0 Å². The lowest BCUT2D eigenvalue weighted by Crippen LogP contribution is -2.36. The number of carboxylic acids is 2. The largest absolute Gasteiger partial charge is 0.481 e. The average Bonchev–Trinajstić information content (AvgIpc) is 2.68. The van der Waals surface area contributed by atoms with Crippen molar-refractivity contribution in [3.05, 3.63) is 71.8 Å². The predicted octanol–water partition coefficient (Wildman–Crippen LogP) is 4.44. The molecule has 0 spiro atoms. The fourth-order valence-corrected chi connectivity index (χ4v) is 3.50. The molecule has 0 unspecified atom stereocenters. The number of halogens is 2. The number of hydrogen-bond donors (Lipinski definition) is 3. The minimum atomic E-state index is -2.00. The number of rotatable bonds is 4. The number of benzene rings is 2. The Morgan fingerprint density at radius 3 is 1.57 bits per heavy atom. The summed E-state index contributed by atoms with van der Waals surface area (Å²) in [5.74, 6) is -2.25. The summed E-state index contributed by atoms with van der Waals surface area (Å²) in [5, 5.41) is 28.3. The average molecular weight is 425 g/mol. The first-order valence-corrected chi connectivity index (χ1v) is 9.60. The molecular formula is C21H22Cl2O5. The SMILES string of the molecule is O=C(O)C(O)(c1ccccc1)c1ccccc1.O=C(O)C1CCC(Cl)(Cl)CC1. The van der Waals surface area contributed by atoms with Crippen molar-refractivity contribution in [2.45, 2.75) is 35.6 Å². The Balaban J connectivity index is 0.000000221. The molecule has 0 amide bonds. The van der Waals surface area contributed by atoms with E-state index >= 15 is 0 Å². The van der Waals surface area contributed by atoms with Gasteiger partial charge in [0.1, 0.15) is 4.33 Å². The molecule has 1 aliphatic carbocycles. The number of aliphatic carboxylic acids is 2. The fourth-order valence-electron chi connectivity index (χ4n) is 3.06. The van der Waals surface area contributed by atoms with Gasteiger partial charge in [-0.1, -0.05) is 60.7 Å². The summed E-state index contributed by atoms with van der Waals surface area (Å²) in [4.78, 5) is 21.9. The van der Waals surface area contributed by atoms with Crippen LogP contribution >= 0.6 is 23.2 Å². The Bertz CT molecular complexity index is 743. The second-order valence-corrected chi connectivity index (χ2v) is 8.36. The van der Waals surface area contributed by atoms with Gasteiger partial charge in [-0.25, -0.2) is 4.79 Å². The molecule has 2 aromatic carbocycles. The number of carbonyl (C=O) groups is 2. The maximum absolute atomic E-state index is 11.4. The van der Waals surface area contributed by atoms with Gasteiger partial charge in [-0.3, -0.25) is 4.79 Å². The number of alkyl halides is 2. The van der Waals surface area contributed by atoms with E-state index in [-0.39, 0.29) is 5.92 Å². The minimum absolute atomic E-state index is 0.236. The highest BCUT2D eigenvalue weighted by Crippen LogP contribution is 2.40. The van der Waals surface area contributed by atoms with Crippen LogP contribution in [0.15, 0.2) is 60.7 Å². The van der Waals surface area contributed by atoms with E-state index in [0.717, 1.165) is 0 Å². The highest BCUT2D eigenvalue weighted by molar-refractivity contribution is 6.48. The van der Waals surface area contributed by atoms with E-state index in [1.807, 2.05) is 0 Å². The van der Waals surface area contributed by atoms with Crippen LogP contribution in [0.5, 0.6) is 0 Å². The summed E-state index contributed by atoms with van der Waals surface area (Å²) in [6.07, 6.45) is 2.38. The van der Waals surface area contributed by atoms with Crippen molar-refractivity contribution in [2.75, 3.05) is 0 Å². The Morgan fingerprint density at radius 2 is 1.25 bits per heavy atom. The molecule has 5 nitrogen and oxygen atoms in total. The maximum atomic E-state index is 11.4. The highest BCUT2D eigenvalue weighted by Gasteiger charge is 2.39. The zero-order valence-electron chi connectivity index (χ0n) is 15.1. The van der Waals surface area contributed by atoms with E-state index in [4.69, 9.17) is 28.3 Å².